The number of rotatable bonds is 4. The molecule has 1 saturated carbocycles. The van der Waals surface area contributed by atoms with Crippen LogP contribution in [0.4, 0.5) is 0 Å². The molecular formula is C12H14OS. The number of hydrogen-bond acceptors (Lipinski definition) is 2. The molecule has 0 radical (unpaired) electrons. The first-order valence-electron chi connectivity index (χ1n) is 4.86. The molecule has 1 aromatic rings. The fourth-order valence-corrected chi connectivity index (χ4v) is 3.00. The monoisotopic (exact) mass is 206 g/mol. The smallest absolute Gasteiger partial charge is 0.150 e. The minimum atomic E-state index is 0.316. The number of benzene rings is 1. The maximum Gasteiger partial charge on any atom is 0.150 e. The van der Waals surface area contributed by atoms with Crippen LogP contribution in [0.25, 0.3) is 0 Å². The summed E-state index contributed by atoms with van der Waals surface area (Å²) in [5.41, 5.74) is 2.44. The summed E-state index contributed by atoms with van der Waals surface area (Å²) in [5, 5.41) is 0. The number of carbonyl (C=O) groups is 1. The average Bonchev–Trinajstić information content (AvgIpc) is 2.99. The van der Waals surface area contributed by atoms with Crippen LogP contribution < -0.4 is 0 Å². The van der Waals surface area contributed by atoms with Gasteiger partial charge in [0.1, 0.15) is 6.29 Å². The van der Waals surface area contributed by atoms with E-state index < -0.39 is 0 Å². The van der Waals surface area contributed by atoms with Crippen molar-refractivity contribution in [2.75, 3.05) is 12.0 Å². The average molecular weight is 206 g/mol. The van der Waals surface area contributed by atoms with E-state index in [9.17, 15) is 4.79 Å². The Labute approximate surface area is 88.9 Å². The Morgan fingerprint density at radius 3 is 2.71 bits per heavy atom. The lowest BCUT2D eigenvalue weighted by Crippen LogP contribution is -2.12. The van der Waals surface area contributed by atoms with Gasteiger partial charge in [0.25, 0.3) is 0 Å². The lowest BCUT2D eigenvalue weighted by Gasteiger charge is -2.15. The van der Waals surface area contributed by atoms with E-state index in [1.807, 2.05) is 30.0 Å². The molecular weight excluding hydrogens is 192 g/mol. The van der Waals surface area contributed by atoms with Gasteiger partial charge in [-0.15, -0.1) is 0 Å². The highest BCUT2D eigenvalue weighted by Gasteiger charge is 2.44. The summed E-state index contributed by atoms with van der Waals surface area (Å²) >= 11 is 1.87. The summed E-state index contributed by atoms with van der Waals surface area (Å²) in [6.45, 7) is 0. The topological polar surface area (TPSA) is 17.1 Å². The van der Waals surface area contributed by atoms with Gasteiger partial charge in [-0.3, -0.25) is 4.79 Å². The Balaban J connectivity index is 2.35. The first-order valence-corrected chi connectivity index (χ1v) is 6.25. The third kappa shape index (κ3) is 1.59. The van der Waals surface area contributed by atoms with Crippen LogP contribution in [0.1, 0.15) is 28.8 Å². The molecule has 1 nitrogen and oxygen atoms in total. The van der Waals surface area contributed by atoms with E-state index in [-0.39, 0.29) is 0 Å². The van der Waals surface area contributed by atoms with E-state index in [1.165, 1.54) is 18.4 Å². The van der Waals surface area contributed by atoms with E-state index >= 15 is 0 Å². The number of hydrogen-bond donors (Lipinski definition) is 0. The molecule has 1 aromatic carbocycles. The standard InChI is InChI=1S/C12H14OS/c1-14-9-12(6-7-12)11-5-3-2-4-10(11)8-13/h2-5,8H,6-7,9H2,1H3. The molecule has 0 heterocycles. The van der Waals surface area contributed by atoms with Crippen LogP contribution in [0.2, 0.25) is 0 Å². The van der Waals surface area contributed by atoms with Crippen LogP contribution in [0.3, 0.4) is 0 Å². The molecule has 0 bridgehead atoms. The Morgan fingerprint density at radius 2 is 2.14 bits per heavy atom. The highest BCUT2D eigenvalue weighted by Crippen LogP contribution is 2.50. The molecule has 14 heavy (non-hydrogen) atoms. The normalized spacial score (nSPS) is 17.8. The van der Waals surface area contributed by atoms with Gasteiger partial charge in [-0.2, -0.15) is 11.8 Å². The highest BCUT2D eigenvalue weighted by molar-refractivity contribution is 7.98. The lowest BCUT2D eigenvalue weighted by atomic mass is 9.93. The van der Waals surface area contributed by atoms with Gasteiger partial charge >= 0.3 is 0 Å². The van der Waals surface area contributed by atoms with E-state index in [0.717, 1.165) is 17.6 Å². The fraction of sp³-hybridized carbons (Fsp3) is 0.417. The summed E-state index contributed by atoms with van der Waals surface area (Å²) in [5.74, 6) is 1.14. The third-order valence-electron chi connectivity index (χ3n) is 2.93. The second-order valence-electron chi connectivity index (χ2n) is 3.92. The summed E-state index contributed by atoms with van der Waals surface area (Å²) in [4.78, 5) is 10.9. The van der Waals surface area contributed by atoms with Crippen molar-refractivity contribution in [2.24, 2.45) is 0 Å². The second-order valence-corrected chi connectivity index (χ2v) is 4.78. The summed E-state index contributed by atoms with van der Waals surface area (Å²) < 4.78 is 0. The number of thioether (sulfide) groups is 1. The molecule has 2 rings (SSSR count). The molecule has 0 unspecified atom stereocenters. The molecule has 1 aliphatic carbocycles. The van der Waals surface area contributed by atoms with Gasteiger partial charge in [0.2, 0.25) is 0 Å². The minimum Gasteiger partial charge on any atom is -0.298 e. The van der Waals surface area contributed by atoms with E-state index in [4.69, 9.17) is 0 Å². The van der Waals surface area contributed by atoms with Crippen molar-refractivity contribution in [3.8, 4) is 0 Å². The largest absolute Gasteiger partial charge is 0.298 e. The van der Waals surface area contributed by atoms with Crippen molar-refractivity contribution in [3.63, 3.8) is 0 Å². The van der Waals surface area contributed by atoms with Crippen LogP contribution >= 0.6 is 11.8 Å². The molecule has 74 valence electrons. The zero-order chi connectivity index (χ0) is 10.0. The van der Waals surface area contributed by atoms with E-state index in [0.29, 0.717) is 5.41 Å². The van der Waals surface area contributed by atoms with Gasteiger partial charge in [-0.1, -0.05) is 24.3 Å². The first-order chi connectivity index (χ1) is 6.82. The zero-order valence-corrected chi connectivity index (χ0v) is 9.14. The highest BCUT2D eigenvalue weighted by atomic mass is 32.2. The lowest BCUT2D eigenvalue weighted by molar-refractivity contribution is 0.112. The molecule has 1 aliphatic rings. The predicted molar refractivity (Wildman–Crippen MR) is 61.1 cm³/mol. The molecule has 2 heteroatoms. The van der Waals surface area contributed by atoms with E-state index in [2.05, 4.69) is 12.3 Å². The molecule has 0 amide bonds. The maximum atomic E-state index is 10.9. The predicted octanol–water partition coefficient (Wildman–Crippen LogP) is 2.89. The van der Waals surface area contributed by atoms with E-state index in [1.54, 1.807) is 0 Å². The zero-order valence-electron chi connectivity index (χ0n) is 8.32. The van der Waals surface area contributed by atoms with Gasteiger partial charge < -0.3 is 0 Å². The van der Waals surface area contributed by atoms with Crippen LogP contribution in [0, 0.1) is 0 Å². The van der Waals surface area contributed by atoms with Crippen LogP contribution in [-0.2, 0) is 5.41 Å². The van der Waals surface area contributed by atoms with Crippen molar-refractivity contribution in [3.05, 3.63) is 35.4 Å². The fourth-order valence-electron chi connectivity index (χ4n) is 2.00. The molecule has 0 saturated heterocycles. The minimum absolute atomic E-state index is 0.316. The third-order valence-corrected chi connectivity index (χ3v) is 3.77. The summed E-state index contributed by atoms with van der Waals surface area (Å²) in [6.07, 6.45) is 5.58. The molecule has 0 aromatic heterocycles. The van der Waals surface area contributed by atoms with Crippen LogP contribution in [0.5, 0.6) is 0 Å². The summed E-state index contributed by atoms with van der Waals surface area (Å²) in [6, 6.07) is 7.99. The van der Waals surface area contributed by atoms with Gasteiger partial charge in [-0.05, 0) is 24.7 Å². The quantitative estimate of drug-likeness (QED) is 0.705. The first kappa shape index (κ1) is 9.78. The van der Waals surface area contributed by atoms with Crippen molar-refractivity contribution in [1.82, 2.24) is 0 Å². The second kappa shape index (κ2) is 3.77. The number of carbonyl (C=O) groups excluding carboxylic acids is 1. The van der Waals surface area contributed by atoms with Gasteiger partial charge in [0, 0.05) is 16.7 Å². The maximum absolute atomic E-state index is 10.9. The van der Waals surface area contributed by atoms with Gasteiger partial charge in [0.15, 0.2) is 0 Å². The van der Waals surface area contributed by atoms with Crippen molar-refractivity contribution in [2.45, 2.75) is 18.3 Å². The van der Waals surface area contributed by atoms with Crippen LogP contribution in [-0.4, -0.2) is 18.3 Å². The Morgan fingerprint density at radius 1 is 1.43 bits per heavy atom. The van der Waals surface area contributed by atoms with Gasteiger partial charge in [0.05, 0.1) is 0 Å². The van der Waals surface area contributed by atoms with Crippen molar-refractivity contribution in [1.29, 1.82) is 0 Å². The Bertz CT molecular complexity index is 342. The Hall–Kier alpha value is -0.760. The SMILES string of the molecule is CSCC1(c2ccccc2C=O)CC1. The number of aldehydes is 1. The van der Waals surface area contributed by atoms with Crippen molar-refractivity contribution < 1.29 is 4.79 Å². The summed E-state index contributed by atoms with van der Waals surface area (Å²) in [7, 11) is 0. The van der Waals surface area contributed by atoms with Crippen LogP contribution in [0.15, 0.2) is 24.3 Å². The van der Waals surface area contributed by atoms with Gasteiger partial charge in [-0.25, -0.2) is 0 Å². The molecule has 0 spiro atoms. The molecule has 0 atom stereocenters. The molecule has 0 aliphatic heterocycles. The molecule has 0 N–H and O–H groups in total. The Kier molecular flexibility index (Phi) is 2.64. The van der Waals surface area contributed by atoms with Crippen molar-refractivity contribution >= 4 is 18.0 Å². The molecule has 1 fully saturated rings.